The van der Waals surface area contributed by atoms with Crippen molar-refractivity contribution in [2.24, 2.45) is 0 Å². The van der Waals surface area contributed by atoms with Gasteiger partial charge in [-0.05, 0) is 24.3 Å². The van der Waals surface area contributed by atoms with Gasteiger partial charge in [0.15, 0.2) is 0 Å². The van der Waals surface area contributed by atoms with Gasteiger partial charge in [0.25, 0.3) is 11.4 Å². The van der Waals surface area contributed by atoms with E-state index in [-0.39, 0.29) is 17.4 Å². The van der Waals surface area contributed by atoms with Crippen LogP contribution >= 0.6 is 11.6 Å². The first-order chi connectivity index (χ1) is 9.54. The van der Waals surface area contributed by atoms with Gasteiger partial charge in [0.2, 0.25) is 5.89 Å². The Labute approximate surface area is 119 Å². The van der Waals surface area contributed by atoms with Crippen molar-refractivity contribution in [2.75, 3.05) is 0 Å². The number of nitrogens with zero attached hydrogens (tertiary/aromatic N) is 2. The van der Waals surface area contributed by atoms with Crippen molar-refractivity contribution >= 4 is 22.5 Å². The van der Waals surface area contributed by atoms with E-state index in [1.54, 1.807) is 24.3 Å². The number of aromatic nitrogens is 3. The first kappa shape index (κ1) is 12.9. The van der Waals surface area contributed by atoms with E-state index >= 15 is 0 Å². The number of rotatable bonds is 2. The van der Waals surface area contributed by atoms with Crippen LogP contribution in [0.4, 0.5) is 0 Å². The van der Waals surface area contributed by atoms with Crippen LogP contribution in [0.1, 0.15) is 25.7 Å². The van der Waals surface area contributed by atoms with E-state index in [1.807, 2.05) is 13.8 Å². The average Bonchev–Trinajstić information content (AvgIpc) is 2.88. The molecule has 6 heteroatoms. The Kier molecular flexibility index (Phi) is 3.06. The zero-order valence-corrected chi connectivity index (χ0v) is 11.7. The Hall–Kier alpha value is -2.14. The van der Waals surface area contributed by atoms with Crippen LogP contribution in [0, 0.1) is 0 Å². The average molecular weight is 290 g/mol. The number of fused-ring (bicyclic) bond motifs is 1. The molecule has 0 saturated heterocycles. The van der Waals surface area contributed by atoms with Crippen LogP contribution in [-0.2, 0) is 0 Å². The number of aromatic amines is 1. The third-order valence-electron chi connectivity index (χ3n) is 2.97. The molecule has 1 aromatic carbocycles. The van der Waals surface area contributed by atoms with Gasteiger partial charge in [0, 0.05) is 21.8 Å². The summed E-state index contributed by atoms with van der Waals surface area (Å²) in [5.74, 6) is 0.840. The van der Waals surface area contributed by atoms with E-state index in [0.717, 1.165) is 5.39 Å². The van der Waals surface area contributed by atoms with Crippen LogP contribution in [0.25, 0.3) is 22.4 Å². The van der Waals surface area contributed by atoms with Crippen molar-refractivity contribution in [1.29, 1.82) is 0 Å². The zero-order valence-electron chi connectivity index (χ0n) is 11.0. The van der Waals surface area contributed by atoms with Crippen LogP contribution in [-0.4, -0.2) is 15.2 Å². The maximum absolute atomic E-state index is 12.1. The molecule has 1 N–H and O–H groups in total. The Bertz CT molecular complexity index is 836. The summed E-state index contributed by atoms with van der Waals surface area (Å²) >= 11 is 5.96. The summed E-state index contributed by atoms with van der Waals surface area (Å²) in [6.45, 7) is 3.89. The fraction of sp³-hybridized carbons (Fsp3) is 0.214. The first-order valence-electron chi connectivity index (χ1n) is 6.21. The molecule has 0 aliphatic rings. The second kappa shape index (κ2) is 4.76. The summed E-state index contributed by atoms with van der Waals surface area (Å²) in [6.07, 6.45) is 0. The van der Waals surface area contributed by atoms with E-state index in [4.69, 9.17) is 16.0 Å². The Balaban J connectivity index is 2.19. The van der Waals surface area contributed by atoms with Gasteiger partial charge in [-0.3, -0.25) is 4.79 Å². The number of nitrogens with one attached hydrogen (secondary N) is 1. The summed E-state index contributed by atoms with van der Waals surface area (Å²) in [5.41, 5.74) is 0.796. The molecule has 0 saturated carbocycles. The van der Waals surface area contributed by atoms with Gasteiger partial charge in [-0.2, -0.15) is 0 Å². The molecular formula is C14H12ClN3O2. The second-order valence-corrected chi connectivity index (χ2v) is 5.28. The Morgan fingerprint density at radius 2 is 2.05 bits per heavy atom. The minimum atomic E-state index is -0.265. The third kappa shape index (κ3) is 2.20. The van der Waals surface area contributed by atoms with Gasteiger partial charge in [-0.1, -0.05) is 25.4 Å². The first-order valence-corrected chi connectivity index (χ1v) is 6.59. The summed E-state index contributed by atoms with van der Waals surface area (Å²) in [7, 11) is 0. The van der Waals surface area contributed by atoms with E-state index in [2.05, 4.69) is 15.2 Å². The lowest BCUT2D eigenvalue weighted by Gasteiger charge is -2.01. The molecule has 2 heterocycles. The molecule has 0 atom stereocenters. The number of hydrogen-bond donors (Lipinski definition) is 1. The third-order valence-corrected chi connectivity index (χ3v) is 3.21. The highest BCUT2D eigenvalue weighted by Gasteiger charge is 2.15. The maximum atomic E-state index is 12.1. The Morgan fingerprint density at radius 1 is 1.25 bits per heavy atom. The molecule has 3 rings (SSSR count). The lowest BCUT2D eigenvalue weighted by atomic mass is 10.1. The molecule has 20 heavy (non-hydrogen) atoms. The smallest absolute Gasteiger partial charge is 0.261 e. The van der Waals surface area contributed by atoms with Crippen molar-refractivity contribution in [1.82, 2.24) is 15.2 Å². The van der Waals surface area contributed by atoms with Crippen molar-refractivity contribution in [3.63, 3.8) is 0 Å². The topological polar surface area (TPSA) is 71.8 Å². The molecule has 0 aliphatic heterocycles. The van der Waals surface area contributed by atoms with E-state index < -0.39 is 0 Å². The molecule has 0 fully saturated rings. The predicted octanol–water partition coefficient (Wildman–Crippen LogP) is 3.35. The van der Waals surface area contributed by atoms with E-state index in [1.165, 1.54) is 0 Å². The molecule has 0 bridgehead atoms. The van der Waals surface area contributed by atoms with Gasteiger partial charge in [-0.15, -0.1) is 10.2 Å². The summed E-state index contributed by atoms with van der Waals surface area (Å²) < 4.78 is 5.52. The highest BCUT2D eigenvalue weighted by Crippen LogP contribution is 2.23. The minimum absolute atomic E-state index is 0.116. The minimum Gasteiger partial charge on any atom is -0.420 e. The molecule has 0 unspecified atom stereocenters. The summed E-state index contributed by atoms with van der Waals surface area (Å²) in [5, 5.41) is 9.28. The molecule has 5 nitrogen and oxygen atoms in total. The molecular weight excluding hydrogens is 278 g/mol. The quantitative estimate of drug-likeness (QED) is 0.785. The van der Waals surface area contributed by atoms with Gasteiger partial charge in [0.1, 0.15) is 5.56 Å². The SMILES string of the molecule is CC(C)c1nnc(-c2cc3cc(Cl)ccc3[nH]c2=O)o1. The number of H-pyrrole nitrogens is 1. The van der Waals surface area contributed by atoms with Crippen LogP contribution in [0.2, 0.25) is 5.02 Å². The van der Waals surface area contributed by atoms with Gasteiger partial charge < -0.3 is 9.40 Å². The Morgan fingerprint density at radius 3 is 2.75 bits per heavy atom. The fourth-order valence-electron chi connectivity index (χ4n) is 1.91. The molecule has 102 valence electrons. The van der Waals surface area contributed by atoms with Crippen molar-refractivity contribution in [2.45, 2.75) is 19.8 Å². The van der Waals surface area contributed by atoms with E-state index in [9.17, 15) is 4.79 Å². The molecule has 2 aromatic heterocycles. The normalized spacial score (nSPS) is 11.4. The molecule has 0 radical (unpaired) electrons. The van der Waals surface area contributed by atoms with Crippen LogP contribution < -0.4 is 5.56 Å². The van der Waals surface area contributed by atoms with Crippen molar-refractivity contribution in [3.8, 4) is 11.5 Å². The maximum Gasteiger partial charge on any atom is 0.261 e. The number of benzene rings is 1. The highest BCUT2D eigenvalue weighted by atomic mass is 35.5. The number of halogens is 1. The lowest BCUT2D eigenvalue weighted by Crippen LogP contribution is -2.08. The fourth-order valence-corrected chi connectivity index (χ4v) is 2.09. The van der Waals surface area contributed by atoms with Crippen molar-refractivity contribution < 1.29 is 4.42 Å². The second-order valence-electron chi connectivity index (χ2n) is 4.84. The lowest BCUT2D eigenvalue weighted by molar-refractivity contribution is 0.480. The van der Waals surface area contributed by atoms with E-state index in [0.29, 0.717) is 22.0 Å². The monoisotopic (exact) mass is 289 g/mol. The predicted molar refractivity (Wildman–Crippen MR) is 77.0 cm³/mol. The van der Waals surface area contributed by atoms with Crippen LogP contribution in [0.15, 0.2) is 33.5 Å². The highest BCUT2D eigenvalue weighted by molar-refractivity contribution is 6.31. The summed E-state index contributed by atoms with van der Waals surface area (Å²) in [4.78, 5) is 14.9. The molecule has 3 aromatic rings. The van der Waals surface area contributed by atoms with Crippen molar-refractivity contribution in [3.05, 3.63) is 45.5 Å². The molecule has 0 amide bonds. The van der Waals surface area contributed by atoms with Crippen LogP contribution in [0.3, 0.4) is 0 Å². The van der Waals surface area contributed by atoms with Gasteiger partial charge in [-0.25, -0.2) is 0 Å². The molecule has 0 spiro atoms. The van der Waals surface area contributed by atoms with Gasteiger partial charge >= 0.3 is 0 Å². The standard InChI is InChI=1S/C14H12ClN3O2/c1-7(2)13-17-18-14(20-13)10-6-8-5-9(15)3-4-11(8)16-12(10)19/h3-7H,1-2H3,(H,16,19). The largest absolute Gasteiger partial charge is 0.420 e. The number of hydrogen-bond acceptors (Lipinski definition) is 4. The number of pyridine rings is 1. The summed E-state index contributed by atoms with van der Waals surface area (Å²) in [6, 6.07) is 6.97. The zero-order chi connectivity index (χ0) is 14.3. The van der Waals surface area contributed by atoms with Gasteiger partial charge in [0.05, 0.1) is 0 Å². The van der Waals surface area contributed by atoms with Crippen LogP contribution in [0.5, 0.6) is 0 Å². The molecule has 0 aliphatic carbocycles.